The van der Waals surface area contributed by atoms with Gasteiger partial charge in [0.2, 0.25) is 0 Å². The number of nitrogens with one attached hydrogen (secondary N) is 1. The molecule has 0 bridgehead atoms. The average Bonchev–Trinajstić information content (AvgIpc) is 2.35. The van der Waals surface area contributed by atoms with Crippen molar-refractivity contribution in [3.05, 3.63) is 0 Å². The second-order valence-electron chi connectivity index (χ2n) is 4.98. The van der Waals surface area contributed by atoms with E-state index in [9.17, 15) is 0 Å². The van der Waals surface area contributed by atoms with Crippen LogP contribution in [0.15, 0.2) is 4.99 Å². The topological polar surface area (TPSA) is 59.6 Å². The molecule has 0 atom stereocenters. The Morgan fingerprint density at radius 1 is 1.47 bits per heavy atom. The van der Waals surface area contributed by atoms with Gasteiger partial charge in [0.25, 0.3) is 0 Å². The summed E-state index contributed by atoms with van der Waals surface area (Å²) < 4.78 is 5.63. The van der Waals surface area contributed by atoms with Gasteiger partial charge in [0.05, 0.1) is 6.54 Å². The monoisotopic (exact) mass is 259 g/mol. The summed E-state index contributed by atoms with van der Waals surface area (Å²) in [6.07, 6.45) is 4.28. The zero-order valence-electron chi connectivity index (χ0n) is 11.2. The van der Waals surface area contributed by atoms with Gasteiger partial charge >= 0.3 is 0 Å². The van der Waals surface area contributed by atoms with E-state index in [1.165, 1.54) is 0 Å². The quantitative estimate of drug-likeness (QED) is 0.580. The van der Waals surface area contributed by atoms with Crippen molar-refractivity contribution in [1.29, 1.82) is 0 Å². The summed E-state index contributed by atoms with van der Waals surface area (Å²) in [5.74, 6) is 1.15. The first-order valence-electron chi connectivity index (χ1n) is 6.25. The lowest BCUT2D eigenvalue weighted by Gasteiger charge is -2.34. The van der Waals surface area contributed by atoms with E-state index in [1.807, 2.05) is 11.8 Å². The molecule has 1 saturated heterocycles. The van der Waals surface area contributed by atoms with Crippen molar-refractivity contribution in [1.82, 2.24) is 5.32 Å². The average molecular weight is 259 g/mol. The highest BCUT2D eigenvalue weighted by atomic mass is 32.2. The van der Waals surface area contributed by atoms with Crippen molar-refractivity contribution in [3.63, 3.8) is 0 Å². The number of thioether (sulfide) groups is 1. The van der Waals surface area contributed by atoms with Crippen LogP contribution in [0.1, 0.15) is 26.7 Å². The second kappa shape index (κ2) is 7.11. The minimum Gasteiger partial charge on any atom is -0.381 e. The minimum atomic E-state index is 0.225. The molecule has 0 amide bonds. The number of nitrogens with zero attached hydrogens (tertiary/aromatic N) is 1. The number of hydrogen-bond donors (Lipinski definition) is 2. The van der Waals surface area contributed by atoms with Crippen LogP contribution in [-0.4, -0.2) is 43.3 Å². The van der Waals surface area contributed by atoms with Crippen molar-refractivity contribution >= 4 is 17.7 Å². The SMILES string of the molecule is CSC1(CN=C(N)NCC(C)C)CCOCC1. The van der Waals surface area contributed by atoms with Crippen LogP contribution in [0.3, 0.4) is 0 Å². The van der Waals surface area contributed by atoms with Gasteiger partial charge in [-0.2, -0.15) is 11.8 Å². The maximum Gasteiger partial charge on any atom is 0.188 e. The van der Waals surface area contributed by atoms with Gasteiger partial charge in [0.15, 0.2) is 5.96 Å². The predicted octanol–water partition coefficient (Wildman–Crippen LogP) is 1.46. The molecule has 0 aliphatic carbocycles. The number of aliphatic imine (C=N–C) groups is 1. The number of nitrogens with two attached hydrogens (primary N) is 1. The zero-order chi connectivity index (χ0) is 12.7. The Hall–Kier alpha value is -0.420. The highest BCUT2D eigenvalue weighted by Gasteiger charge is 2.31. The van der Waals surface area contributed by atoms with E-state index in [-0.39, 0.29) is 4.75 Å². The van der Waals surface area contributed by atoms with Crippen LogP contribution in [0.4, 0.5) is 0 Å². The standard InChI is InChI=1S/C12H25N3OS/c1-10(2)8-14-11(13)15-9-12(17-3)4-6-16-7-5-12/h10H,4-9H2,1-3H3,(H3,13,14,15). The summed E-state index contributed by atoms with van der Waals surface area (Å²) in [5.41, 5.74) is 5.85. The molecular weight excluding hydrogens is 234 g/mol. The normalized spacial score (nSPS) is 20.6. The molecule has 1 aliphatic rings. The Morgan fingerprint density at radius 3 is 2.65 bits per heavy atom. The highest BCUT2D eigenvalue weighted by molar-refractivity contribution is 8.00. The lowest BCUT2D eigenvalue weighted by Crippen LogP contribution is -2.39. The van der Waals surface area contributed by atoms with Crippen molar-refractivity contribution in [2.45, 2.75) is 31.4 Å². The van der Waals surface area contributed by atoms with Gasteiger partial charge in [-0.25, -0.2) is 0 Å². The van der Waals surface area contributed by atoms with Crippen LogP contribution in [-0.2, 0) is 4.74 Å². The van der Waals surface area contributed by atoms with E-state index in [4.69, 9.17) is 10.5 Å². The van der Waals surface area contributed by atoms with E-state index in [2.05, 4.69) is 30.4 Å². The predicted molar refractivity (Wildman–Crippen MR) is 75.6 cm³/mol. The lowest BCUT2D eigenvalue weighted by atomic mass is 9.99. The van der Waals surface area contributed by atoms with Crippen LogP contribution in [0.5, 0.6) is 0 Å². The fraction of sp³-hybridized carbons (Fsp3) is 0.917. The molecule has 0 unspecified atom stereocenters. The van der Waals surface area contributed by atoms with Gasteiger partial charge in [-0.3, -0.25) is 4.99 Å². The van der Waals surface area contributed by atoms with E-state index in [0.717, 1.165) is 39.1 Å². The van der Waals surface area contributed by atoms with Crippen LogP contribution >= 0.6 is 11.8 Å². The van der Waals surface area contributed by atoms with Gasteiger partial charge in [-0.1, -0.05) is 13.8 Å². The van der Waals surface area contributed by atoms with E-state index in [0.29, 0.717) is 11.9 Å². The van der Waals surface area contributed by atoms with Crippen molar-refractivity contribution < 1.29 is 4.74 Å². The molecule has 0 aromatic carbocycles. The largest absolute Gasteiger partial charge is 0.381 e. The molecule has 1 heterocycles. The molecule has 17 heavy (non-hydrogen) atoms. The number of ether oxygens (including phenoxy) is 1. The van der Waals surface area contributed by atoms with Gasteiger partial charge in [0.1, 0.15) is 0 Å². The number of hydrogen-bond acceptors (Lipinski definition) is 3. The van der Waals surface area contributed by atoms with Gasteiger partial charge < -0.3 is 15.8 Å². The smallest absolute Gasteiger partial charge is 0.188 e. The third-order valence-electron chi connectivity index (χ3n) is 3.07. The molecule has 0 aromatic rings. The summed E-state index contributed by atoms with van der Waals surface area (Å²) in [4.78, 5) is 4.47. The summed E-state index contributed by atoms with van der Waals surface area (Å²) in [6, 6.07) is 0. The Labute approximate surface area is 109 Å². The summed E-state index contributed by atoms with van der Waals surface area (Å²) in [7, 11) is 0. The number of guanidine groups is 1. The second-order valence-corrected chi connectivity index (χ2v) is 6.25. The molecule has 1 aliphatic heterocycles. The maximum atomic E-state index is 5.85. The Bertz CT molecular complexity index is 250. The first-order chi connectivity index (χ1) is 8.08. The summed E-state index contributed by atoms with van der Waals surface area (Å²) in [5, 5.41) is 3.15. The lowest BCUT2D eigenvalue weighted by molar-refractivity contribution is 0.0794. The molecule has 1 rings (SSSR count). The third kappa shape index (κ3) is 5.17. The first-order valence-corrected chi connectivity index (χ1v) is 7.47. The molecule has 4 nitrogen and oxygen atoms in total. The van der Waals surface area contributed by atoms with E-state index < -0.39 is 0 Å². The van der Waals surface area contributed by atoms with E-state index >= 15 is 0 Å². The summed E-state index contributed by atoms with van der Waals surface area (Å²) in [6.45, 7) is 7.66. The molecule has 1 fully saturated rings. The fourth-order valence-corrected chi connectivity index (χ4v) is 2.53. The van der Waals surface area contributed by atoms with Crippen LogP contribution < -0.4 is 11.1 Å². The molecule has 0 radical (unpaired) electrons. The van der Waals surface area contributed by atoms with Gasteiger partial charge in [0, 0.05) is 24.5 Å². The molecule has 5 heteroatoms. The van der Waals surface area contributed by atoms with Crippen molar-refractivity contribution in [3.8, 4) is 0 Å². The van der Waals surface area contributed by atoms with E-state index in [1.54, 1.807) is 0 Å². The number of rotatable bonds is 5. The maximum absolute atomic E-state index is 5.85. The first kappa shape index (κ1) is 14.6. The molecular formula is C12H25N3OS. The Balaban J connectivity index is 2.42. The minimum absolute atomic E-state index is 0.225. The Kier molecular flexibility index (Phi) is 6.12. The zero-order valence-corrected chi connectivity index (χ0v) is 12.0. The van der Waals surface area contributed by atoms with Crippen LogP contribution in [0.2, 0.25) is 0 Å². The molecule has 0 aromatic heterocycles. The van der Waals surface area contributed by atoms with Crippen molar-refractivity contribution in [2.75, 3.05) is 32.6 Å². The summed E-state index contributed by atoms with van der Waals surface area (Å²) >= 11 is 1.89. The molecule has 0 saturated carbocycles. The van der Waals surface area contributed by atoms with Crippen molar-refractivity contribution in [2.24, 2.45) is 16.6 Å². The fourth-order valence-electron chi connectivity index (χ4n) is 1.76. The van der Waals surface area contributed by atoms with Gasteiger partial charge in [-0.15, -0.1) is 0 Å². The highest BCUT2D eigenvalue weighted by Crippen LogP contribution is 2.33. The molecule has 100 valence electrons. The third-order valence-corrected chi connectivity index (χ3v) is 4.47. The van der Waals surface area contributed by atoms with Gasteiger partial charge in [-0.05, 0) is 25.0 Å². The molecule has 3 N–H and O–H groups in total. The van der Waals surface area contributed by atoms with Crippen LogP contribution in [0, 0.1) is 5.92 Å². The Morgan fingerprint density at radius 2 is 2.12 bits per heavy atom. The molecule has 0 spiro atoms. The van der Waals surface area contributed by atoms with Crippen LogP contribution in [0.25, 0.3) is 0 Å².